The summed E-state index contributed by atoms with van der Waals surface area (Å²) in [5.41, 5.74) is 7.21. The van der Waals surface area contributed by atoms with Crippen molar-refractivity contribution in [1.29, 1.82) is 0 Å². The van der Waals surface area contributed by atoms with E-state index in [-0.39, 0.29) is 19.0 Å². The molecule has 0 bridgehead atoms. The monoisotopic (exact) mass is 261 g/mol. The molecule has 0 aliphatic heterocycles. The molecular weight excluding hydrogens is 245 g/mol. The van der Waals surface area contributed by atoms with E-state index in [1.165, 1.54) is 12.1 Å². The SMILES string of the molecule is NCC(O)COc1ccc(-c2ccc(F)cc2)cc1. The lowest BCUT2D eigenvalue weighted by Gasteiger charge is -2.10. The lowest BCUT2D eigenvalue weighted by molar-refractivity contribution is 0.114. The van der Waals surface area contributed by atoms with Crippen molar-refractivity contribution in [3.05, 3.63) is 54.3 Å². The third-order valence-corrected chi connectivity index (χ3v) is 2.75. The van der Waals surface area contributed by atoms with Gasteiger partial charge in [0.1, 0.15) is 24.3 Å². The van der Waals surface area contributed by atoms with E-state index >= 15 is 0 Å². The van der Waals surface area contributed by atoms with Crippen LogP contribution in [-0.2, 0) is 0 Å². The van der Waals surface area contributed by atoms with Crippen LogP contribution in [-0.4, -0.2) is 24.4 Å². The maximum absolute atomic E-state index is 12.8. The molecule has 1 atom stereocenters. The largest absolute Gasteiger partial charge is 0.491 e. The Hall–Kier alpha value is -1.91. The van der Waals surface area contributed by atoms with Gasteiger partial charge in [0.05, 0.1) is 0 Å². The zero-order valence-electron chi connectivity index (χ0n) is 10.4. The van der Waals surface area contributed by atoms with Crippen LogP contribution >= 0.6 is 0 Å². The Morgan fingerprint density at radius 1 is 1.00 bits per heavy atom. The Morgan fingerprint density at radius 2 is 1.53 bits per heavy atom. The van der Waals surface area contributed by atoms with E-state index in [2.05, 4.69) is 0 Å². The van der Waals surface area contributed by atoms with Gasteiger partial charge in [0.25, 0.3) is 0 Å². The molecule has 0 heterocycles. The van der Waals surface area contributed by atoms with Crippen molar-refractivity contribution in [3.8, 4) is 16.9 Å². The van der Waals surface area contributed by atoms with Crippen LogP contribution in [0.15, 0.2) is 48.5 Å². The normalized spacial score (nSPS) is 12.2. The van der Waals surface area contributed by atoms with Gasteiger partial charge in [-0.1, -0.05) is 24.3 Å². The molecule has 100 valence electrons. The highest BCUT2D eigenvalue weighted by molar-refractivity contribution is 5.63. The first-order valence-corrected chi connectivity index (χ1v) is 6.06. The Balaban J connectivity index is 2.04. The summed E-state index contributed by atoms with van der Waals surface area (Å²) in [5.74, 6) is 0.415. The summed E-state index contributed by atoms with van der Waals surface area (Å²) in [6.07, 6.45) is -0.656. The molecule has 0 fully saturated rings. The Morgan fingerprint density at radius 3 is 2.05 bits per heavy atom. The number of nitrogens with two attached hydrogens (primary N) is 1. The topological polar surface area (TPSA) is 55.5 Å². The van der Waals surface area contributed by atoms with Gasteiger partial charge in [-0.25, -0.2) is 4.39 Å². The van der Waals surface area contributed by atoms with E-state index in [1.54, 1.807) is 12.1 Å². The van der Waals surface area contributed by atoms with Crippen molar-refractivity contribution in [2.24, 2.45) is 5.73 Å². The highest BCUT2D eigenvalue weighted by Gasteiger charge is 2.03. The molecular formula is C15H16FNO2. The maximum Gasteiger partial charge on any atom is 0.123 e. The fourth-order valence-corrected chi connectivity index (χ4v) is 1.65. The second kappa shape index (κ2) is 6.31. The molecule has 0 saturated carbocycles. The van der Waals surface area contributed by atoms with Crippen LogP contribution in [0.1, 0.15) is 0 Å². The van der Waals surface area contributed by atoms with Gasteiger partial charge in [-0.15, -0.1) is 0 Å². The van der Waals surface area contributed by atoms with Crippen LogP contribution in [0.2, 0.25) is 0 Å². The van der Waals surface area contributed by atoms with Gasteiger partial charge >= 0.3 is 0 Å². The first-order valence-electron chi connectivity index (χ1n) is 6.06. The molecule has 4 heteroatoms. The molecule has 2 rings (SSSR count). The zero-order chi connectivity index (χ0) is 13.7. The van der Waals surface area contributed by atoms with Crippen LogP contribution in [0, 0.1) is 5.82 Å². The fraction of sp³-hybridized carbons (Fsp3) is 0.200. The van der Waals surface area contributed by atoms with E-state index in [4.69, 9.17) is 10.5 Å². The van der Waals surface area contributed by atoms with Crippen LogP contribution in [0.4, 0.5) is 4.39 Å². The van der Waals surface area contributed by atoms with E-state index < -0.39 is 6.10 Å². The standard InChI is InChI=1S/C15H16FNO2/c16-13-5-1-11(2-6-13)12-3-7-15(8-4-12)19-10-14(18)9-17/h1-8,14,18H,9-10,17H2. The number of hydrogen-bond acceptors (Lipinski definition) is 3. The van der Waals surface area contributed by atoms with Crippen molar-refractivity contribution >= 4 is 0 Å². The molecule has 2 aromatic carbocycles. The molecule has 3 N–H and O–H groups in total. The van der Waals surface area contributed by atoms with Crippen molar-refractivity contribution < 1.29 is 14.2 Å². The molecule has 0 saturated heterocycles. The van der Waals surface area contributed by atoms with E-state index in [0.29, 0.717) is 5.75 Å². The summed E-state index contributed by atoms with van der Waals surface area (Å²) in [7, 11) is 0. The highest BCUT2D eigenvalue weighted by atomic mass is 19.1. The maximum atomic E-state index is 12.8. The van der Waals surface area contributed by atoms with Gasteiger partial charge in [0.2, 0.25) is 0 Å². The van der Waals surface area contributed by atoms with Crippen molar-refractivity contribution in [1.82, 2.24) is 0 Å². The second-order valence-corrected chi connectivity index (χ2v) is 4.23. The molecule has 0 aliphatic carbocycles. The number of hydrogen-bond donors (Lipinski definition) is 2. The number of ether oxygens (including phenoxy) is 1. The molecule has 0 amide bonds. The molecule has 0 spiro atoms. The third kappa shape index (κ3) is 3.77. The average Bonchev–Trinajstić information content (AvgIpc) is 2.46. The minimum Gasteiger partial charge on any atom is -0.491 e. The van der Waals surface area contributed by atoms with Gasteiger partial charge in [0.15, 0.2) is 0 Å². The van der Waals surface area contributed by atoms with Crippen LogP contribution in [0.5, 0.6) is 5.75 Å². The van der Waals surface area contributed by atoms with E-state index in [0.717, 1.165) is 11.1 Å². The van der Waals surface area contributed by atoms with Crippen LogP contribution in [0.3, 0.4) is 0 Å². The molecule has 0 radical (unpaired) electrons. The van der Waals surface area contributed by atoms with Crippen molar-refractivity contribution in [3.63, 3.8) is 0 Å². The fourth-order valence-electron chi connectivity index (χ4n) is 1.65. The molecule has 2 aromatic rings. The smallest absolute Gasteiger partial charge is 0.123 e. The summed E-state index contributed by atoms with van der Waals surface area (Å²) >= 11 is 0. The lowest BCUT2D eigenvalue weighted by Crippen LogP contribution is -2.26. The van der Waals surface area contributed by atoms with Gasteiger partial charge in [-0.05, 0) is 35.4 Å². The first kappa shape index (κ1) is 13.5. The molecule has 3 nitrogen and oxygen atoms in total. The highest BCUT2D eigenvalue weighted by Crippen LogP contribution is 2.22. The number of benzene rings is 2. The van der Waals surface area contributed by atoms with Gasteiger partial charge in [0, 0.05) is 6.54 Å². The van der Waals surface area contributed by atoms with Gasteiger partial charge < -0.3 is 15.6 Å². The quantitative estimate of drug-likeness (QED) is 0.867. The first-order chi connectivity index (χ1) is 9.19. The Labute approximate surface area is 111 Å². The minimum atomic E-state index is -0.656. The summed E-state index contributed by atoms with van der Waals surface area (Å²) < 4.78 is 18.2. The summed E-state index contributed by atoms with van der Waals surface area (Å²) in [6, 6.07) is 13.7. The number of aliphatic hydroxyl groups is 1. The third-order valence-electron chi connectivity index (χ3n) is 2.75. The average molecular weight is 261 g/mol. The zero-order valence-corrected chi connectivity index (χ0v) is 10.4. The molecule has 0 aromatic heterocycles. The van der Waals surface area contributed by atoms with Crippen molar-refractivity contribution in [2.75, 3.05) is 13.2 Å². The predicted octanol–water partition coefficient (Wildman–Crippen LogP) is 2.19. The van der Waals surface area contributed by atoms with E-state index in [9.17, 15) is 9.50 Å². The van der Waals surface area contributed by atoms with Crippen LogP contribution < -0.4 is 10.5 Å². The molecule has 1 unspecified atom stereocenters. The number of rotatable bonds is 5. The van der Waals surface area contributed by atoms with Gasteiger partial charge in [-0.3, -0.25) is 0 Å². The number of halogens is 1. The number of aliphatic hydroxyl groups excluding tert-OH is 1. The second-order valence-electron chi connectivity index (χ2n) is 4.23. The summed E-state index contributed by atoms with van der Waals surface area (Å²) in [5, 5.41) is 9.29. The summed E-state index contributed by atoms with van der Waals surface area (Å²) in [4.78, 5) is 0. The lowest BCUT2D eigenvalue weighted by atomic mass is 10.1. The molecule has 19 heavy (non-hydrogen) atoms. The Kier molecular flexibility index (Phi) is 4.49. The molecule has 0 aliphatic rings. The van der Waals surface area contributed by atoms with Crippen LogP contribution in [0.25, 0.3) is 11.1 Å². The van der Waals surface area contributed by atoms with Crippen molar-refractivity contribution in [2.45, 2.75) is 6.10 Å². The Bertz CT molecular complexity index is 511. The van der Waals surface area contributed by atoms with Gasteiger partial charge in [-0.2, -0.15) is 0 Å². The predicted molar refractivity (Wildman–Crippen MR) is 72.4 cm³/mol. The minimum absolute atomic E-state index is 0.173. The van der Waals surface area contributed by atoms with E-state index in [1.807, 2.05) is 24.3 Å². The summed E-state index contributed by atoms with van der Waals surface area (Å²) in [6.45, 7) is 0.347.